The Morgan fingerprint density at radius 3 is 2.45 bits per heavy atom. The second-order valence-corrected chi connectivity index (χ2v) is 2.77. The van der Waals surface area contributed by atoms with Crippen LogP contribution in [0.3, 0.4) is 0 Å². The van der Waals surface area contributed by atoms with Crippen LogP contribution in [0.25, 0.3) is 0 Å². The van der Waals surface area contributed by atoms with Crippen molar-refractivity contribution in [3.8, 4) is 0 Å². The van der Waals surface area contributed by atoms with Gasteiger partial charge in [-0.1, -0.05) is 23.7 Å². The molecule has 1 aromatic carbocycles. The average molecular weight is 169 g/mol. The van der Waals surface area contributed by atoms with E-state index in [1.807, 2.05) is 24.3 Å². The van der Waals surface area contributed by atoms with Crippen molar-refractivity contribution < 1.29 is 4.79 Å². The molecule has 0 spiro atoms. The van der Waals surface area contributed by atoms with Crippen LogP contribution in [0.1, 0.15) is 12.0 Å². The van der Waals surface area contributed by atoms with Crippen molar-refractivity contribution in [3.05, 3.63) is 34.9 Å². The third-order valence-corrected chi connectivity index (χ3v) is 1.72. The van der Waals surface area contributed by atoms with Crippen LogP contribution in [0.5, 0.6) is 0 Å². The van der Waals surface area contributed by atoms with E-state index in [9.17, 15) is 4.79 Å². The summed E-state index contributed by atoms with van der Waals surface area (Å²) in [4.78, 5) is 10.0. The summed E-state index contributed by atoms with van der Waals surface area (Å²) in [5.41, 5.74) is 1.15. The molecule has 0 amide bonds. The molecule has 0 saturated heterocycles. The molecule has 2 heteroatoms. The Hall–Kier alpha value is -0.820. The van der Waals surface area contributed by atoms with Gasteiger partial charge >= 0.3 is 0 Å². The van der Waals surface area contributed by atoms with Crippen molar-refractivity contribution in [2.75, 3.05) is 0 Å². The smallest absolute Gasteiger partial charge is 0.120 e. The first-order chi connectivity index (χ1) is 5.33. The maximum atomic E-state index is 10.0. The lowest BCUT2D eigenvalue weighted by molar-refractivity contribution is -0.107. The van der Waals surface area contributed by atoms with Crippen molar-refractivity contribution >= 4 is 17.9 Å². The number of carbonyl (C=O) groups is 1. The number of halogens is 1. The fourth-order valence-electron chi connectivity index (χ4n) is 0.877. The van der Waals surface area contributed by atoms with Crippen LogP contribution in [0.4, 0.5) is 0 Å². The van der Waals surface area contributed by atoms with Gasteiger partial charge in [-0.3, -0.25) is 0 Å². The largest absolute Gasteiger partial charge is 0.303 e. The molecule has 0 radical (unpaired) electrons. The number of aryl methyl sites for hydroxylation is 1. The lowest BCUT2D eigenvalue weighted by atomic mass is 10.1. The summed E-state index contributed by atoms with van der Waals surface area (Å²) in [6, 6.07) is 7.54. The van der Waals surface area contributed by atoms with Gasteiger partial charge in [-0.2, -0.15) is 0 Å². The molecule has 0 N–H and O–H groups in total. The number of aldehydes is 1. The summed E-state index contributed by atoms with van der Waals surface area (Å²) in [7, 11) is 0. The highest BCUT2D eigenvalue weighted by Crippen LogP contribution is 2.10. The first-order valence-electron chi connectivity index (χ1n) is 3.51. The molecular weight excluding hydrogens is 160 g/mol. The lowest BCUT2D eigenvalue weighted by Crippen LogP contribution is -1.84. The van der Waals surface area contributed by atoms with Gasteiger partial charge in [-0.15, -0.1) is 0 Å². The van der Waals surface area contributed by atoms with Gasteiger partial charge in [0.15, 0.2) is 0 Å². The Morgan fingerprint density at radius 2 is 1.91 bits per heavy atom. The molecule has 0 heterocycles. The predicted molar refractivity (Wildman–Crippen MR) is 45.8 cm³/mol. The number of benzene rings is 1. The van der Waals surface area contributed by atoms with Gasteiger partial charge in [0.25, 0.3) is 0 Å². The van der Waals surface area contributed by atoms with Crippen molar-refractivity contribution in [2.45, 2.75) is 12.8 Å². The number of carbonyl (C=O) groups excluding carboxylic acids is 1. The third kappa shape index (κ3) is 2.72. The van der Waals surface area contributed by atoms with E-state index in [1.165, 1.54) is 0 Å². The van der Waals surface area contributed by atoms with Gasteiger partial charge in [-0.05, 0) is 24.1 Å². The minimum absolute atomic E-state index is 0.585. The first-order valence-corrected chi connectivity index (χ1v) is 3.89. The maximum absolute atomic E-state index is 10.0. The molecule has 0 unspecified atom stereocenters. The Balaban J connectivity index is 2.58. The standard InChI is InChI=1S/C9H9ClO/c10-9-5-3-8(4-6-9)2-1-7-11/h3-7H,1-2H2. The number of hydrogen-bond acceptors (Lipinski definition) is 1. The van der Waals surface area contributed by atoms with Crippen LogP contribution in [0.2, 0.25) is 5.02 Å². The van der Waals surface area contributed by atoms with E-state index in [-0.39, 0.29) is 0 Å². The van der Waals surface area contributed by atoms with Gasteiger partial charge < -0.3 is 4.79 Å². The normalized spacial score (nSPS) is 9.55. The molecule has 0 aliphatic carbocycles. The lowest BCUT2D eigenvalue weighted by Gasteiger charge is -1.95. The Morgan fingerprint density at radius 1 is 1.27 bits per heavy atom. The van der Waals surface area contributed by atoms with E-state index in [1.54, 1.807) is 0 Å². The van der Waals surface area contributed by atoms with E-state index in [4.69, 9.17) is 11.6 Å². The molecule has 0 aromatic heterocycles. The Bertz CT molecular complexity index is 228. The van der Waals surface area contributed by atoms with E-state index in [0.717, 1.165) is 23.3 Å². The van der Waals surface area contributed by atoms with Gasteiger partial charge in [0.1, 0.15) is 6.29 Å². The average Bonchev–Trinajstić information content (AvgIpc) is 2.04. The highest BCUT2D eigenvalue weighted by molar-refractivity contribution is 6.30. The highest BCUT2D eigenvalue weighted by Gasteiger charge is 1.91. The molecule has 58 valence electrons. The minimum Gasteiger partial charge on any atom is -0.303 e. The van der Waals surface area contributed by atoms with Crippen LogP contribution < -0.4 is 0 Å². The monoisotopic (exact) mass is 168 g/mol. The zero-order valence-corrected chi connectivity index (χ0v) is 6.84. The fraction of sp³-hybridized carbons (Fsp3) is 0.222. The molecule has 1 aromatic rings. The molecule has 1 rings (SSSR count). The summed E-state index contributed by atoms with van der Waals surface area (Å²) < 4.78 is 0. The quantitative estimate of drug-likeness (QED) is 0.634. The van der Waals surface area contributed by atoms with E-state index in [0.29, 0.717) is 6.42 Å². The predicted octanol–water partition coefficient (Wildman–Crippen LogP) is 2.47. The second-order valence-electron chi connectivity index (χ2n) is 2.33. The Kier molecular flexibility index (Phi) is 3.12. The van der Waals surface area contributed by atoms with Gasteiger partial charge in [0.05, 0.1) is 0 Å². The van der Waals surface area contributed by atoms with Crippen LogP contribution in [-0.4, -0.2) is 6.29 Å². The molecule has 11 heavy (non-hydrogen) atoms. The van der Waals surface area contributed by atoms with Crippen molar-refractivity contribution in [3.63, 3.8) is 0 Å². The molecular formula is C9H9ClO. The summed E-state index contributed by atoms with van der Waals surface area (Å²) in [6.45, 7) is 0. The summed E-state index contributed by atoms with van der Waals surface area (Å²) in [5.74, 6) is 0. The zero-order valence-electron chi connectivity index (χ0n) is 6.09. The zero-order chi connectivity index (χ0) is 8.10. The molecule has 0 atom stereocenters. The molecule has 0 aliphatic heterocycles. The number of rotatable bonds is 3. The topological polar surface area (TPSA) is 17.1 Å². The van der Waals surface area contributed by atoms with Crippen LogP contribution in [-0.2, 0) is 11.2 Å². The summed E-state index contributed by atoms with van der Waals surface area (Å²) in [5, 5.41) is 0.736. The van der Waals surface area contributed by atoms with Crippen LogP contribution >= 0.6 is 11.6 Å². The molecule has 0 aliphatic rings. The summed E-state index contributed by atoms with van der Waals surface area (Å²) >= 11 is 5.68. The van der Waals surface area contributed by atoms with Crippen molar-refractivity contribution in [1.29, 1.82) is 0 Å². The molecule has 0 fully saturated rings. The minimum atomic E-state index is 0.585. The maximum Gasteiger partial charge on any atom is 0.120 e. The van der Waals surface area contributed by atoms with Gasteiger partial charge in [0, 0.05) is 11.4 Å². The fourth-order valence-corrected chi connectivity index (χ4v) is 1.00. The van der Waals surface area contributed by atoms with Crippen molar-refractivity contribution in [1.82, 2.24) is 0 Å². The van der Waals surface area contributed by atoms with Gasteiger partial charge in [-0.25, -0.2) is 0 Å². The van der Waals surface area contributed by atoms with Crippen LogP contribution in [0, 0.1) is 0 Å². The molecule has 0 bridgehead atoms. The molecule has 1 nitrogen and oxygen atoms in total. The Labute approximate surface area is 71.0 Å². The summed E-state index contributed by atoms with van der Waals surface area (Å²) in [6.07, 6.45) is 2.32. The highest BCUT2D eigenvalue weighted by atomic mass is 35.5. The first kappa shape index (κ1) is 8.28. The van der Waals surface area contributed by atoms with Crippen molar-refractivity contribution in [2.24, 2.45) is 0 Å². The van der Waals surface area contributed by atoms with E-state index in [2.05, 4.69) is 0 Å². The number of hydrogen-bond donors (Lipinski definition) is 0. The van der Waals surface area contributed by atoms with E-state index >= 15 is 0 Å². The molecule has 0 saturated carbocycles. The third-order valence-electron chi connectivity index (χ3n) is 1.46. The second kappa shape index (κ2) is 4.14. The van der Waals surface area contributed by atoms with E-state index < -0.39 is 0 Å². The SMILES string of the molecule is O=CCCc1ccc(Cl)cc1. The van der Waals surface area contributed by atoms with Crippen LogP contribution in [0.15, 0.2) is 24.3 Å². The van der Waals surface area contributed by atoms with Gasteiger partial charge in [0.2, 0.25) is 0 Å².